The summed E-state index contributed by atoms with van der Waals surface area (Å²) in [6.45, 7) is 2.17. The maximum absolute atomic E-state index is 12.0. The molecule has 130 valence electrons. The minimum atomic E-state index is -0.0260. The summed E-state index contributed by atoms with van der Waals surface area (Å²) in [5.41, 5.74) is 0. The lowest BCUT2D eigenvalue weighted by atomic mass is 10.2. The molecule has 8 nitrogen and oxygen atoms in total. The zero-order valence-electron chi connectivity index (χ0n) is 13.6. The van der Waals surface area contributed by atoms with Gasteiger partial charge in [-0.1, -0.05) is 5.16 Å². The number of thiazole rings is 1. The second-order valence-electron chi connectivity index (χ2n) is 5.62. The number of rotatable bonds is 8. The molecule has 3 heterocycles. The van der Waals surface area contributed by atoms with E-state index in [4.69, 9.17) is 9.26 Å². The number of carbonyl (C=O) groups is 1. The fraction of sp³-hybridized carbons (Fsp3) is 0.600. The Morgan fingerprint density at radius 1 is 1.58 bits per heavy atom. The highest BCUT2D eigenvalue weighted by atomic mass is 32.1. The van der Waals surface area contributed by atoms with E-state index in [1.165, 1.54) is 11.3 Å². The van der Waals surface area contributed by atoms with Crippen LogP contribution in [-0.4, -0.2) is 52.7 Å². The van der Waals surface area contributed by atoms with E-state index in [1.54, 1.807) is 13.3 Å². The van der Waals surface area contributed by atoms with E-state index in [2.05, 4.69) is 25.3 Å². The molecule has 0 aliphatic carbocycles. The predicted octanol–water partition coefficient (Wildman–Crippen LogP) is 1.88. The van der Waals surface area contributed by atoms with Crippen LogP contribution in [-0.2, 0) is 16.0 Å². The second-order valence-corrected chi connectivity index (χ2v) is 6.52. The number of nitrogens with one attached hydrogen (secondary N) is 1. The lowest BCUT2D eigenvalue weighted by molar-refractivity contribution is -0.116. The highest BCUT2D eigenvalue weighted by Gasteiger charge is 2.30. The van der Waals surface area contributed by atoms with Crippen molar-refractivity contribution in [2.75, 3.05) is 32.1 Å². The first-order valence-electron chi connectivity index (χ1n) is 8.01. The third-order valence-corrected chi connectivity index (χ3v) is 4.66. The summed E-state index contributed by atoms with van der Waals surface area (Å²) in [6, 6.07) is 0.0986. The van der Waals surface area contributed by atoms with Gasteiger partial charge in [-0.25, -0.2) is 4.98 Å². The van der Waals surface area contributed by atoms with Crippen molar-refractivity contribution < 1.29 is 14.1 Å². The number of likely N-dealkylation sites (tertiary alicyclic amines) is 1. The van der Waals surface area contributed by atoms with Gasteiger partial charge in [0.2, 0.25) is 11.8 Å². The minimum Gasteiger partial charge on any atom is -0.384 e. The normalized spacial score (nSPS) is 18.1. The van der Waals surface area contributed by atoms with Gasteiger partial charge < -0.3 is 14.6 Å². The third kappa shape index (κ3) is 4.37. The Balaban J connectivity index is 1.51. The Morgan fingerprint density at radius 2 is 2.50 bits per heavy atom. The lowest BCUT2D eigenvalue weighted by Gasteiger charge is -2.20. The van der Waals surface area contributed by atoms with E-state index in [9.17, 15) is 4.79 Å². The molecule has 0 radical (unpaired) electrons. The molecule has 1 saturated heterocycles. The monoisotopic (exact) mass is 351 g/mol. The van der Waals surface area contributed by atoms with Crippen molar-refractivity contribution in [2.24, 2.45) is 0 Å². The van der Waals surface area contributed by atoms with Crippen LogP contribution in [0.4, 0.5) is 5.13 Å². The molecule has 0 unspecified atom stereocenters. The Labute approximate surface area is 144 Å². The number of amides is 1. The molecule has 2 aromatic rings. The molecule has 1 aliphatic rings. The number of carbonyl (C=O) groups excluding carboxylic acids is 1. The quantitative estimate of drug-likeness (QED) is 0.776. The summed E-state index contributed by atoms with van der Waals surface area (Å²) < 4.78 is 10.4. The first-order chi connectivity index (χ1) is 11.8. The van der Waals surface area contributed by atoms with Crippen LogP contribution in [0.1, 0.15) is 37.0 Å². The number of anilines is 1. The van der Waals surface area contributed by atoms with Gasteiger partial charge in [0.1, 0.15) is 0 Å². The van der Waals surface area contributed by atoms with Gasteiger partial charge in [0.15, 0.2) is 11.0 Å². The largest absolute Gasteiger partial charge is 0.384 e. The highest BCUT2D eigenvalue weighted by molar-refractivity contribution is 7.13. The van der Waals surface area contributed by atoms with Crippen LogP contribution in [0.2, 0.25) is 0 Å². The van der Waals surface area contributed by atoms with Crippen LogP contribution in [0.25, 0.3) is 0 Å². The Hall–Kier alpha value is -1.84. The standard InChI is InChI=1S/C15H21N5O3S/c1-22-9-5-12-17-14(23-19-12)11-3-2-7-20(11)8-4-13(21)18-15-16-6-10-24-15/h6,10-11H,2-5,7-9H2,1H3,(H,16,18,21)/t11-/m0/s1. The van der Waals surface area contributed by atoms with Gasteiger partial charge in [-0.05, 0) is 19.4 Å². The molecule has 0 bridgehead atoms. The third-order valence-electron chi connectivity index (χ3n) is 3.97. The smallest absolute Gasteiger partial charge is 0.243 e. The summed E-state index contributed by atoms with van der Waals surface area (Å²) in [5, 5.41) is 9.28. The Morgan fingerprint density at radius 3 is 3.29 bits per heavy atom. The molecule has 1 aliphatic heterocycles. The zero-order chi connectivity index (χ0) is 16.8. The maximum Gasteiger partial charge on any atom is 0.243 e. The molecule has 3 rings (SSSR count). The average Bonchev–Trinajstić information content (AvgIpc) is 3.31. The van der Waals surface area contributed by atoms with E-state index < -0.39 is 0 Å². The second kappa shape index (κ2) is 8.32. The zero-order valence-corrected chi connectivity index (χ0v) is 14.4. The molecule has 24 heavy (non-hydrogen) atoms. The van der Waals surface area contributed by atoms with Crippen LogP contribution in [0.5, 0.6) is 0 Å². The highest BCUT2D eigenvalue weighted by Crippen LogP contribution is 2.30. The number of hydrogen-bond donors (Lipinski definition) is 1. The van der Waals surface area contributed by atoms with Crippen LogP contribution in [0.3, 0.4) is 0 Å². The molecular weight excluding hydrogens is 330 g/mol. The van der Waals surface area contributed by atoms with Gasteiger partial charge in [0.05, 0.1) is 12.6 Å². The van der Waals surface area contributed by atoms with Gasteiger partial charge in [-0.3, -0.25) is 9.69 Å². The van der Waals surface area contributed by atoms with Gasteiger partial charge in [0, 0.05) is 38.1 Å². The fourth-order valence-electron chi connectivity index (χ4n) is 2.78. The fourth-order valence-corrected chi connectivity index (χ4v) is 3.33. The van der Waals surface area contributed by atoms with Crippen molar-refractivity contribution in [3.63, 3.8) is 0 Å². The van der Waals surface area contributed by atoms with Gasteiger partial charge in [-0.2, -0.15) is 4.98 Å². The van der Waals surface area contributed by atoms with E-state index in [0.29, 0.717) is 42.8 Å². The molecule has 1 N–H and O–H groups in total. The van der Waals surface area contributed by atoms with Crippen molar-refractivity contribution in [1.82, 2.24) is 20.0 Å². The Kier molecular flexibility index (Phi) is 5.89. The van der Waals surface area contributed by atoms with Crippen molar-refractivity contribution in [1.29, 1.82) is 0 Å². The predicted molar refractivity (Wildman–Crippen MR) is 88.8 cm³/mol. The summed E-state index contributed by atoms with van der Waals surface area (Å²) >= 11 is 1.42. The summed E-state index contributed by atoms with van der Waals surface area (Å²) in [4.78, 5) is 22.7. The van der Waals surface area contributed by atoms with Crippen molar-refractivity contribution in [2.45, 2.75) is 31.7 Å². The van der Waals surface area contributed by atoms with Crippen molar-refractivity contribution >= 4 is 22.4 Å². The molecular formula is C15H21N5O3S. The molecule has 9 heteroatoms. The van der Waals surface area contributed by atoms with E-state index in [-0.39, 0.29) is 11.9 Å². The molecule has 0 spiro atoms. The number of aromatic nitrogens is 3. The molecule has 1 amide bonds. The Bertz CT molecular complexity index is 645. The van der Waals surface area contributed by atoms with E-state index in [0.717, 1.165) is 19.4 Å². The molecule has 2 aromatic heterocycles. The molecule has 0 aromatic carbocycles. The van der Waals surface area contributed by atoms with Gasteiger partial charge >= 0.3 is 0 Å². The summed E-state index contributed by atoms with van der Waals surface area (Å²) in [5.74, 6) is 1.28. The van der Waals surface area contributed by atoms with Gasteiger partial charge in [0.25, 0.3) is 0 Å². The first kappa shape index (κ1) is 17.0. The first-order valence-corrected chi connectivity index (χ1v) is 8.89. The number of nitrogens with zero attached hydrogens (tertiary/aromatic N) is 4. The molecule has 1 atom stereocenters. The van der Waals surface area contributed by atoms with E-state index >= 15 is 0 Å². The topological polar surface area (TPSA) is 93.4 Å². The van der Waals surface area contributed by atoms with Crippen LogP contribution in [0, 0.1) is 0 Å². The number of methoxy groups -OCH3 is 1. The molecule has 0 saturated carbocycles. The average molecular weight is 351 g/mol. The van der Waals surface area contributed by atoms with Crippen LogP contribution >= 0.6 is 11.3 Å². The SMILES string of the molecule is COCCc1noc([C@@H]2CCCN2CCC(=O)Nc2nccs2)n1. The molecule has 1 fully saturated rings. The maximum atomic E-state index is 12.0. The summed E-state index contributed by atoms with van der Waals surface area (Å²) in [7, 11) is 1.65. The lowest BCUT2D eigenvalue weighted by Crippen LogP contribution is -2.28. The van der Waals surface area contributed by atoms with Crippen molar-refractivity contribution in [3.8, 4) is 0 Å². The van der Waals surface area contributed by atoms with Gasteiger partial charge in [-0.15, -0.1) is 11.3 Å². The van der Waals surface area contributed by atoms with E-state index in [1.807, 2.05) is 5.38 Å². The number of hydrogen-bond acceptors (Lipinski definition) is 8. The van der Waals surface area contributed by atoms with Crippen LogP contribution in [0.15, 0.2) is 16.1 Å². The number of ether oxygens (including phenoxy) is 1. The summed E-state index contributed by atoms with van der Waals surface area (Å²) in [6.07, 6.45) is 4.77. The minimum absolute atomic E-state index is 0.0260. The van der Waals surface area contributed by atoms with Crippen molar-refractivity contribution in [3.05, 3.63) is 23.3 Å². The van der Waals surface area contributed by atoms with Crippen LogP contribution < -0.4 is 5.32 Å².